The average molecular weight is 1070 g/mol. The molecule has 2 heterocycles. The second-order valence-electron chi connectivity index (χ2n) is 18.7. The molecule has 2 fully saturated rings. The minimum atomic E-state index is -1.56. The standard InChI is InChI=1S/C47H81N19O10/c48-17-5-3-12-29(52)40(70)65-38(35(67)23-51)45(75)64-37(27-10-1-2-11-27)44(74)58-25-36(68)60-32(14-7-19-50)46(76)66-21-9-16-34(66)43(73)63-33(22-28-24-56-26-59-28)42(72)62-31(13-4-6-18-49)41(71)61-30(39(53)69)15-8-20-57-47(54)55/h15,24,26-27,29,31,33-35,37-38,67H,1-14,16-23,25,48-52H2,(H2,53,69)(H,56,59)(H,58,74)(H,61,71)(H,62,72)(H,63,73)(H,64,75)(H,65,70)(H4,54,55,57)/b30-15-,60-32+/t29-,31-,33-,34-,35-,37?,38-/m0/s1. The first-order valence-electron chi connectivity index (χ1n) is 25.9. The van der Waals surface area contributed by atoms with Crippen LogP contribution < -0.4 is 77.4 Å². The summed E-state index contributed by atoms with van der Waals surface area (Å²) in [5.41, 5.74) is 39.5. The molecule has 1 aromatic heterocycles. The predicted octanol–water partition coefficient (Wildman–Crippen LogP) is -5.84. The van der Waals surface area contributed by atoms with Gasteiger partial charge in [0.25, 0.3) is 17.7 Å². The number of carbonyl (C=O) groups is 9. The van der Waals surface area contributed by atoms with E-state index < -0.39 is 109 Å². The zero-order chi connectivity index (χ0) is 56.2. The summed E-state index contributed by atoms with van der Waals surface area (Å²) >= 11 is 0. The molecule has 1 saturated carbocycles. The number of likely N-dealkylation sites (tertiary alicyclic amines) is 1. The summed E-state index contributed by atoms with van der Waals surface area (Å²) in [7, 11) is 0. The van der Waals surface area contributed by atoms with Crippen LogP contribution in [0.2, 0.25) is 0 Å². The van der Waals surface area contributed by atoms with Gasteiger partial charge < -0.3 is 92.3 Å². The highest BCUT2D eigenvalue weighted by molar-refractivity contribution is 6.40. The number of aromatic amines is 1. The second-order valence-corrected chi connectivity index (χ2v) is 18.7. The fourth-order valence-corrected chi connectivity index (χ4v) is 8.68. The monoisotopic (exact) mass is 1070 g/mol. The summed E-state index contributed by atoms with van der Waals surface area (Å²) in [6, 6.07) is -7.46. The number of H-pyrrole nitrogens is 1. The van der Waals surface area contributed by atoms with Gasteiger partial charge in [0, 0.05) is 37.9 Å². The molecular weight excluding hydrogens is 991 g/mol. The van der Waals surface area contributed by atoms with E-state index in [9.17, 15) is 48.3 Å². The maximum atomic E-state index is 14.3. The number of aliphatic imine (C=N–C) groups is 1. The summed E-state index contributed by atoms with van der Waals surface area (Å²) in [5.74, 6) is -7.95. The number of guanidine groups is 1. The Morgan fingerprint density at radius 1 is 0.803 bits per heavy atom. The molecule has 24 N–H and O–H groups in total. The first-order valence-corrected chi connectivity index (χ1v) is 25.9. The zero-order valence-electron chi connectivity index (χ0n) is 43.1. The van der Waals surface area contributed by atoms with Gasteiger partial charge in [-0.3, -0.25) is 48.6 Å². The number of hydrogen-bond acceptors (Lipinski definition) is 17. The van der Waals surface area contributed by atoms with E-state index in [2.05, 4.69) is 52.2 Å². The maximum absolute atomic E-state index is 14.3. The van der Waals surface area contributed by atoms with Crippen molar-refractivity contribution < 1.29 is 48.3 Å². The largest absolute Gasteiger partial charge is 0.389 e. The average Bonchev–Trinajstić information content (AvgIpc) is 4.23. The summed E-state index contributed by atoms with van der Waals surface area (Å²) in [4.78, 5) is 134. The van der Waals surface area contributed by atoms with E-state index in [0.29, 0.717) is 63.7 Å². The second kappa shape index (κ2) is 33.9. The molecule has 0 bridgehead atoms. The Labute approximate surface area is 441 Å². The molecule has 1 aliphatic carbocycles. The highest BCUT2D eigenvalue weighted by Gasteiger charge is 2.40. The van der Waals surface area contributed by atoms with Crippen LogP contribution in [0.25, 0.3) is 0 Å². The molecule has 1 aliphatic heterocycles. The predicted molar refractivity (Wildman–Crippen MR) is 279 cm³/mol. The van der Waals surface area contributed by atoms with E-state index in [1.165, 1.54) is 23.5 Å². The molecule has 1 saturated heterocycles. The Kier molecular flexibility index (Phi) is 28.3. The molecule has 1 unspecified atom stereocenters. The maximum Gasteiger partial charge on any atom is 0.269 e. The fourth-order valence-electron chi connectivity index (χ4n) is 8.68. The van der Waals surface area contributed by atoms with E-state index in [0.717, 1.165) is 12.8 Å². The molecule has 0 spiro atoms. The Hall–Kier alpha value is -6.92. The van der Waals surface area contributed by atoms with Crippen molar-refractivity contribution in [2.75, 3.05) is 45.8 Å². The first kappa shape index (κ1) is 63.4. The van der Waals surface area contributed by atoms with Gasteiger partial charge in [0.15, 0.2) is 5.96 Å². The molecule has 29 heteroatoms. The van der Waals surface area contributed by atoms with Gasteiger partial charge in [-0.2, -0.15) is 0 Å². The number of amides is 9. The number of rotatable bonds is 34. The molecule has 76 heavy (non-hydrogen) atoms. The van der Waals surface area contributed by atoms with Crippen molar-refractivity contribution in [3.63, 3.8) is 0 Å². The third-order valence-electron chi connectivity index (χ3n) is 12.8. The number of aliphatic hydroxyl groups excluding tert-OH is 1. The van der Waals surface area contributed by atoms with Crippen LogP contribution in [-0.4, -0.2) is 173 Å². The minimum absolute atomic E-state index is 0.0751. The topological polar surface area (TPSA) is 508 Å². The molecule has 2 aliphatic rings. The molecule has 9 amide bonds. The van der Waals surface area contributed by atoms with Crippen molar-refractivity contribution in [1.29, 1.82) is 5.41 Å². The van der Waals surface area contributed by atoms with E-state index >= 15 is 0 Å². The smallest absolute Gasteiger partial charge is 0.269 e. The van der Waals surface area contributed by atoms with Crippen LogP contribution in [0, 0.1) is 11.3 Å². The van der Waals surface area contributed by atoms with Crippen molar-refractivity contribution >= 4 is 64.8 Å². The zero-order valence-corrected chi connectivity index (χ0v) is 43.1. The Balaban J connectivity index is 1.80. The first-order chi connectivity index (χ1) is 36.3. The highest BCUT2D eigenvalue weighted by Crippen LogP contribution is 2.28. The van der Waals surface area contributed by atoms with Gasteiger partial charge in [0.2, 0.25) is 35.4 Å². The van der Waals surface area contributed by atoms with E-state index in [1.807, 2.05) is 0 Å². The van der Waals surface area contributed by atoms with E-state index in [1.54, 1.807) is 0 Å². The molecule has 424 valence electrons. The van der Waals surface area contributed by atoms with Crippen LogP contribution in [0.4, 0.5) is 0 Å². The SMILES string of the molecule is N=C(N)NCC/C=C(\NC(=O)[C@H](CCCCN)NC(=O)[C@H](Cc1cnc[nH]1)NC(=O)[C@@H]1CCCN1C(=O)/C(CCCN)=N/C(=O)CNC(=O)C(NC(=O)[C@@H](NC(=O)[C@@H](N)CCCCN)[C@@H](O)CN)C1CCCC1)C(N)=O. The summed E-state index contributed by atoms with van der Waals surface area (Å²) < 4.78 is 0. The van der Waals surface area contributed by atoms with Gasteiger partial charge >= 0.3 is 0 Å². The van der Waals surface area contributed by atoms with Crippen molar-refractivity contribution in [2.45, 2.75) is 145 Å². The lowest BCUT2D eigenvalue weighted by molar-refractivity contribution is -0.136. The number of nitrogens with two attached hydrogens (primary N) is 7. The van der Waals surface area contributed by atoms with Crippen molar-refractivity contribution in [1.82, 2.24) is 52.1 Å². The third kappa shape index (κ3) is 21.4. The van der Waals surface area contributed by atoms with Crippen LogP contribution in [0.1, 0.15) is 102 Å². The Morgan fingerprint density at radius 2 is 1.49 bits per heavy atom. The van der Waals surface area contributed by atoms with Crippen molar-refractivity contribution in [3.05, 3.63) is 30.0 Å². The number of hydrogen-bond donors (Lipinski definition) is 17. The van der Waals surface area contributed by atoms with Gasteiger partial charge in [0.05, 0.1) is 25.0 Å². The van der Waals surface area contributed by atoms with Crippen LogP contribution >= 0.6 is 0 Å². The fraction of sp³-hybridized carbons (Fsp3) is 0.660. The van der Waals surface area contributed by atoms with Crippen molar-refractivity contribution in [3.8, 4) is 0 Å². The number of imidazole rings is 1. The molecule has 0 aromatic carbocycles. The molecule has 0 radical (unpaired) electrons. The molecule has 29 nitrogen and oxygen atoms in total. The van der Waals surface area contributed by atoms with Gasteiger partial charge in [-0.1, -0.05) is 25.3 Å². The summed E-state index contributed by atoms with van der Waals surface area (Å²) in [5, 5.41) is 36.0. The number of nitrogens with one attached hydrogen (secondary N) is 9. The van der Waals surface area contributed by atoms with E-state index in [4.69, 9.17) is 45.5 Å². The molecule has 1 aromatic rings. The van der Waals surface area contributed by atoms with Crippen LogP contribution in [0.15, 0.2) is 29.3 Å². The Bertz CT molecular complexity index is 2170. The molecule has 3 rings (SSSR count). The number of aliphatic hydroxyl groups is 1. The lowest BCUT2D eigenvalue weighted by Gasteiger charge is -2.29. The van der Waals surface area contributed by atoms with Gasteiger partial charge in [-0.15, -0.1) is 0 Å². The van der Waals surface area contributed by atoms with Gasteiger partial charge in [-0.05, 0) is 103 Å². The summed E-state index contributed by atoms with van der Waals surface area (Å²) in [6.07, 6.45) is 8.37. The lowest BCUT2D eigenvalue weighted by Crippen LogP contribution is -2.61. The minimum Gasteiger partial charge on any atom is -0.389 e. The lowest BCUT2D eigenvalue weighted by atomic mass is 9.96. The van der Waals surface area contributed by atoms with Crippen molar-refractivity contribution in [2.24, 2.45) is 51.0 Å². The summed E-state index contributed by atoms with van der Waals surface area (Å²) in [6.45, 7) is -0.0619. The quantitative estimate of drug-likeness (QED) is 0.0132. The number of unbranched alkanes of at least 4 members (excludes halogenated alkanes) is 2. The molecule has 7 atom stereocenters. The van der Waals surface area contributed by atoms with Crippen LogP contribution in [-0.2, 0) is 49.6 Å². The van der Waals surface area contributed by atoms with Crippen LogP contribution in [0.5, 0.6) is 0 Å². The number of carbonyl (C=O) groups excluding carboxylic acids is 9. The van der Waals surface area contributed by atoms with Crippen LogP contribution in [0.3, 0.4) is 0 Å². The highest BCUT2D eigenvalue weighted by atomic mass is 16.3. The van der Waals surface area contributed by atoms with Gasteiger partial charge in [0.1, 0.15) is 41.6 Å². The number of primary amides is 1. The molecular formula is C47H81N19O10. The number of nitrogens with zero attached hydrogens (tertiary/aromatic N) is 3. The third-order valence-corrected chi connectivity index (χ3v) is 12.8. The Morgan fingerprint density at radius 3 is 2.11 bits per heavy atom. The number of aromatic nitrogens is 2. The van der Waals surface area contributed by atoms with Gasteiger partial charge in [-0.25, -0.2) is 9.98 Å². The normalized spacial score (nSPS) is 17.3. The van der Waals surface area contributed by atoms with E-state index in [-0.39, 0.29) is 87.9 Å².